The number of fused-ring (bicyclic) bond motifs is 1. The predicted molar refractivity (Wildman–Crippen MR) is 50.0 cm³/mol. The van der Waals surface area contributed by atoms with Crippen LogP contribution in [0.3, 0.4) is 0 Å². The van der Waals surface area contributed by atoms with E-state index in [0.717, 1.165) is 0 Å². The van der Waals surface area contributed by atoms with Gasteiger partial charge in [0.1, 0.15) is 12.4 Å². The van der Waals surface area contributed by atoms with Crippen LogP contribution in [-0.4, -0.2) is 32.7 Å². The summed E-state index contributed by atoms with van der Waals surface area (Å²) in [6, 6.07) is 0. The molecule has 0 saturated carbocycles. The zero-order valence-electron chi connectivity index (χ0n) is 7.42. The van der Waals surface area contributed by atoms with Gasteiger partial charge in [-0.05, 0) is 0 Å². The van der Waals surface area contributed by atoms with E-state index in [2.05, 4.69) is 9.97 Å². The second-order valence-corrected chi connectivity index (χ2v) is 2.70. The lowest BCUT2D eigenvalue weighted by molar-refractivity contribution is 0.198. The maximum absolute atomic E-state index is 8.61. The van der Waals surface area contributed by atoms with Gasteiger partial charge in [-0.1, -0.05) is 0 Å². The summed E-state index contributed by atoms with van der Waals surface area (Å²) in [5.41, 5.74) is 6.14. The molecule has 0 spiro atoms. The Morgan fingerprint density at radius 3 is 3.21 bits per heavy atom. The third-order valence-corrected chi connectivity index (χ3v) is 1.69. The summed E-state index contributed by atoms with van der Waals surface area (Å²) in [6.07, 6.45) is 5.02. The molecular formula is C8H10N4O2. The van der Waals surface area contributed by atoms with Crippen LogP contribution in [0, 0.1) is 0 Å². The van der Waals surface area contributed by atoms with Crippen LogP contribution in [-0.2, 0) is 0 Å². The maximum atomic E-state index is 8.61. The van der Waals surface area contributed by atoms with Gasteiger partial charge >= 0.3 is 0 Å². The summed E-state index contributed by atoms with van der Waals surface area (Å²) in [5, 5.41) is 8.61. The van der Waals surface area contributed by atoms with Crippen LogP contribution in [0.2, 0.25) is 0 Å². The van der Waals surface area contributed by atoms with E-state index >= 15 is 0 Å². The van der Waals surface area contributed by atoms with E-state index in [0.29, 0.717) is 17.3 Å². The highest BCUT2D eigenvalue weighted by molar-refractivity contribution is 5.52. The van der Waals surface area contributed by atoms with Gasteiger partial charge in [0.2, 0.25) is 5.65 Å². The maximum Gasteiger partial charge on any atom is 0.260 e. The Labute approximate surface area is 80.0 Å². The number of aliphatic hydroxyl groups is 1. The van der Waals surface area contributed by atoms with Crippen LogP contribution in [0.4, 0.5) is 5.82 Å². The molecule has 2 aromatic rings. The molecule has 0 unspecified atom stereocenters. The van der Waals surface area contributed by atoms with E-state index in [4.69, 9.17) is 15.6 Å². The normalized spacial score (nSPS) is 10.6. The number of nitrogen functional groups attached to an aromatic ring is 1. The molecule has 2 rings (SSSR count). The highest BCUT2D eigenvalue weighted by Crippen LogP contribution is 2.16. The molecule has 0 fully saturated rings. The minimum atomic E-state index is -0.0661. The monoisotopic (exact) mass is 194 g/mol. The van der Waals surface area contributed by atoms with E-state index in [1.54, 1.807) is 23.0 Å². The highest BCUT2D eigenvalue weighted by atomic mass is 16.5. The lowest BCUT2D eigenvalue weighted by Gasteiger charge is -2.05. The van der Waals surface area contributed by atoms with Crippen LogP contribution in [0.15, 0.2) is 18.6 Å². The van der Waals surface area contributed by atoms with Gasteiger partial charge in [0.25, 0.3) is 5.88 Å². The molecule has 14 heavy (non-hydrogen) atoms. The Bertz CT molecular complexity index is 440. The third-order valence-electron chi connectivity index (χ3n) is 1.69. The van der Waals surface area contributed by atoms with E-state index in [1.807, 2.05) is 0 Å². The Balaban J connectivity index is 2.44. The zero-order chi connectivity index (χ0) is 9.97. The largest absolute Gasteiger partial charge is 0.473 e. The summed E-state index contributed by atoms with van der Waals surface area (Å²) in [7, 11) is 0. The van der Waals surface area contributed by atoms with Crippen molar-refractivity contribution in [2.75, 3.05) is 18.9 Å². The lowest BCUT2D eigenvalue weighted by Crippen LogP contribution is -2.06. The minimum absolute atomic E-state index is 0.0661. The van der Waals surface area contributed by atoms with Crippen molar-refractivity contribution in [3.8, 4) is 5.88 Å². The van der Waals surface area contributed by atoms with Gasteiger partial charge in [0.05, 0.1) is 12.8 Å². The van der Waals surface area contributed by atoms with Crippen molar-refractivity contribution >= 4 is 11.5 Å². The Kier molecular flexibility index (Phi) is 2.19. The van der Waals surface area contributed by atoms with Crippen LogP contribution in [0.25, 0.3) is 5.65 Å². The molecule has 0 aliphatic heterocycles. The standard InChI is InChI=1S/C8H10N4O2/c9-6-5-12-2-1-10-7(12)8(11-6)14-4-3-13/h1-2,5,13H,3-4,9H2. The van der Waals surface area contributed by atoms with Crippen LogP contribution in [0.1, 0.15) is 0 Å². The fourth-order valence-electron chi connectivity index (χ4n) is 1.16. The van der Waals surface area contributed by atoms with Gasteiger partial charge in [-0.15, -0.1) is 0 Å². The molecule has 0 aliphatic rings. The highest BCUT2D eigenvalue weighted by Gasteiger charge is 2.06. The molecule has 6 nitrogen and oxygen atoms in total. The van der Waals surface area contributed by atoms with E-state index in [-0.39, 0.29) is 13.2 Å². The first kappa shape index (κ1) is 8.76. The van der Waals surface area contributed by atoms with Crippen LogP contribution < -0.4 is 10.5 Å². The second-order valence-electron chi connectivity index (χ2n) is 2.70. The smallest absolute Gasteiger partial charge is 0.260 e. The molecule has 2 aromatic heterocycles. The van der Waals surface area contributed by atoms with Crippen molar-refractivity contribution in [3.63, 3.8) is 0 Å². The zero-order valence-corrected chi connectivity index (χ0v) is 7.42. The summed E-state index contributed by atoms with van der Waals surface area (Å²) in [6.45, 7) is 0.113. The van der Waals surface area contributed by atoms with Gasteiger partial charge in [-0.2, -0.15) is 4.98 Å². The lowest BCUT2D eigenvalue weighted by atomic mass is 10.6. The molecule has 3 N–H and O–H groups in total. The fraction of sp³-hybridized carbons (Fsp3) is 0.250. The molecule has 0 atom stereocenters. The van der Waals surface area contributed by atoms with Crippen molar-refractivity contribution in [1.82, 2.24) is 14.4 Å². The number of hydrogen-bond acceptors (Lipinski definition) is 5. The summed E-state index contributed by atoms with van der Waals surface area (Å²) >= 11 is 0. The van der Waals surface area contributed by atoms with Gasteiger partial charge in [-0.3, -0.25) is 4.40 Å². The van der Waals surface area contributed by atoms with E-state index in [1.165, 1.54) is 0 Å². The first-order valence-electron chi connectivity index (χ1n) is 4.14. The topological polar surface area (TPSA) is 85.7 Å². The number of imidazole rings is 1. The third kappa shape index (κ3) is 1.47. The molecule has 74 valence electrons. The molecule has 0 aromatic carbocycles. The molecule has 0 radical (unpaired) electrons. The van der Waals surface area contributed by atoms with Crippen LogP contribution >= 0.6 is 0 Å². The Morgan fingerprint density at radius 1 is 1.57 bits per heavy atom. The number of anilines is 1. The van der Waals surface area contributed by atoms with Crippen molar-refractivity contribution in [1.29, 1.82) is 0 Å². The summed E-state index contributed by atoms with van der Waals surface area (Å²) < 4.78 is 6.90. The number of hydrogen-bond donors (Lipinski definition) is 2. The van der Waals surface area contributed by atoms with Gasteiger partial charge in [0, 0.05) is 12.4 Å². The Hall–Kier alpha value is -1.82. The molecule has 0 bridgehead atoms. The first-order chi connectivity index (χ1) is 6.81. The number of ether oxygens (including phenoxy) is 1. The molecule has 0 amide bonds. The average molecular weight is 194 g/mol. The summed E-state index contributed by atoms with van der Waals surface area (Å²) in [5.74, 6) is 0.687. The molecule has 6 heteroatoms. The number of nitrogens with zero attached hydrogens (tertiary/aromatic N) is 3. The number of aromatic nitrogens is 3. The van der Waals surface area contributed by atoms with Crippen molar-refractivity contribution in [2.24, 2.45) is 0 Å². The molecular weight excluding hydrogens is 184 g/mol. The quantitative estimate of drug-likeness (QED) is 0.699. The van der Waals surface area contributed by atoms with E-state index in [9.17, 15) is 0 Å². The molecule has 0 aliphatic carbocycles. The second kappa shape index (κ2) is 3.51. The first-order valence-corrected chi connectivity index (χ1v) is 4.14. The van der Waals surface area contributed by atoms with Gasteiger partial charge in [0.15, 0.2) is 0 Å². The Morgan fingerprint density at radius 2 is 2.43 bits per heavy atom. The number of nitrogens with two attached hydrogens (primary N) is 1. The molecule has 0 saturated heterocycles. The van der Waals surface area contributed by atoms with Crippen molar-refractivity contribution in [3.05, 3.63) is 18.6 Å². The van der Waals surface area contributed by atoms with Gasteiger partial charge < -0.3 is 15.6 Å². The van der Waals surface area contributed by atoms with E-state index < -0.39 is 0 Å². The fourth-order valence-corrected chi connectivity index (χ4v) is 1.16. The van der Waals surface area contributed by atoms with Crippen LogP contribution in [0.5, 0.6) is 5.88 Å². The number of aliphatic hydroxyl groups excluding tert-OH is 1. The van der Waals surface area contributed by atoms with Crippen molar-refractivity contribution < 1.29 is 9.84 Å². The summed E-state index contributed by atoms with van der Waals surface area (Å²) in [4.78, 5) is 8.02. The SMILES string of the molecule is Nc1cn2ccnc2c(OCCO)n1. The average Bonchev–Trinajstić information content (AvgIpc) is 2.61. The minimum Gasteiger partial charge on any atom is -0.473 e. The number of rotatable bonds is 3. The van der Waals surface area contributed by atoms with Gasteiger partial charge in [-0.25, -0.2) is 4.98 Å². The predicted octanol–water partition coefficient (Wildman–Crippen LogP) is -0.317. The molecule has 2 heterocycles. The van der Waals surface area contributed by atoms with Crippen molar-refractivity contribution in [2.45, 2.75) is 0 Å².